The largest absolute Gasteiger partial charge is 1.00 e. The molecular formula is C101H73BBr6Cl13LiN3O5S18Sn. The van der Waals surface area contributed by atoms with Gasteiger partial charge in [-0.15, -0.1) is 153 Å². The summed E-state index contributed by atoms with van der Waals surface area (Å²) < 4.78 is 22.3. The Morgan fingerprint density at radius 2 is 0.805 bits per heavy atom. The van der Waals surface area contributed by atoms with E-state index in [4.69, 9.17) is 151 Å². The van der Waals surface area contributed by atoms with Gasteiger partial charge in [0.25, 0.3) is 17.1 Å². The van der Waals surface area contributed by atoms with E-state index in [9.17, 15) is 24.0 Å². The van der Waals surface area contributed by atoms with E-state index < -0.39 is 35.4 Å². The number of amides is 2. The Hall–Kier alpha value is -0.289. The fourth-order valence-electron chi connectivity index (χ4n) is 15.4. The molecule has 2 aliphatic rings. The zero-order valence-electron chi connectivity index (χ0n) is 79.9. The minimum Gasteiger partial charge on any atom is -0.304 e. The van der Waals surface area contributed by atoms with Crippen molar-refractivity contribution in [1.82, 2.24) is 9.74 Å². The summed E-state index contributed by atoms with van der Waals surface area (Å²) in [5.74, 6) is -1.35. The van der Waals surface area contributed by atoms with Gasteiger partial charge in [-0.1, -0.05) is 130 Å². The van der Waals surface area contributed by atoms with E-state index in [1.165, 1.54) is 205 Å². The maximum absolute atomic E-state index is 12.1. The van der Waals surface area contributed by atoms with Crippen LogP contribution in [-0.4, -0.2) is 72.1 Å². The summed E-state index contributed by atoms with van der Waals surface area (Å²) in [4.78, 5) is 66.8. The first kappa shape index (κ1) is 129. The van der Waals surface area contributed by atoms with Crippen molar-refractivity contribution < 1.29 is 42.8 Å². The number of fused-ring (bicyclic) bond motifs is 12. The first-order valence-corrected chi connectivity index (χ1v) is 79.6. The van der Waals surface area contributed by atoms with E-state index in [-0.39, 0.29) is 30.4 Å². The quantitative estimate of drug-likeness (QED) is 0.0428. The standard InChI is InChI=1S/C18H8Cl2S4.C13H9Cl2S2.C12H6Br2Cl2S2.C12H8Br2S2.C12H10S2.C10H2Cl2O2S2.C5H2Cl2OS.C4H2Cl2S.C4H2ClNO2.C4H11N.C4H3S.3CH3.BHNS.Br2.Li.Sn/c19-9-7-24-18-13(9)15(11-3-1-5-21-11)17-14(10(20)8-23-17)16(18)12-4-2-6-22-12;1-5-9-8(14)4-16-12(9)6(2)10-11(15)7(3)17-13(5)10;1-3-5-7(15)11(13)18-10(5)4(2)6-8(16)12(14)17-9(3)6;1-5-7-3-9(13)16-12(7)6(2)8-4-10(14)15-11(5)8;1-7-9-3-5-14-12(9)8(2)10-4-6-13-11(7)10;11-3-1-15-9-5(3)7(13)10-6(8(9)14)4(12)2-16-10;6-4-2-9-1-3(4)5(7)8;5-3-1-7-2-4(3)6;5-6-3(7)1-2-4(6)8;1-3-5-4-2;1-2-4-5-3-1;;;;1-2-3;1-2;;/h1-8H;1-3H3;1-2H3;3-4H,1-2H3;3-6H,1-2H3;1-2H;1-2H;1-2H;1-2H;5H,3-4H2,1-2H3;1-3H;3*1H3;3H;;;/q;;;;;;;;;;-1;;;;;;+1;. The Bertz CT molecular complexity index is 8190. The topological polar surface area (TPSA) is 113 Å². The minimum absolute atomic E-state index is 0. The van der Waals surface area contributed by atoms with Crippen molar-refractivity contribution >= 4 is 607 Å². The van der Waals surface area contributed by atoms with Crippen LogP contribution in [0.3, 0.4) is 0 Å². The molecule has 5 aromatic carbocycles. The van der Waals surface area contributed by atoms with Gasteiger partial charge < -0.3 is 16.7 Å². The maximum atomic E-state index is 12.1. The number of nitrogens with zero attached hydrogens (tertiary/aromatic N) is 2. The Morgan fingerprint density at radius 1 is 0.423 bits per heavy atom. The molecule has 0 saturated carbocycles. The first-order valence-electron chi connectivity index (χ1n) is 42.7. The molecule has 0 bridgehead atoms. The van der Waals surface area contributed by atoms with Crippen molar-refractivity contribution in [2.24, 2.45) is 4.30 Å². The van der Waals surface area contributed by atoms with Gasteiger partial charge in [-0.25, -0.2) is 6.07 Å². The monoisotopic (exact) mass is 3050 g/mol. The van der Waals surface area contributed by atoms with Crippen LogP contribution in [0.1, 0.15) is 104 Å². The van der Waals surface area contributed by atoms with Crippen LogP contribution in [0.25, 0.3) is 122 Å². The van der Waals surface area contributed by atoms with E-state index in [1.807, 2.05) is 85.0 Å². The molecule has 0 spiro atoms. The predicted molar refractivity (Wildman–Crippen MR) is 708 cm³/mol. The number of hydrogen-bond acceptors (Lipinski definition) is 25. The third-order valence-electron chi connectivity index (χ3n) is 22.1. The number of imide groups is 1. The van der Waals surface area contributed by atoms with Crippen LogP contribution in [0, 0.1) is 67.7 Å². The SMILES string of the molecule is BrBr.CCNCC.Cc1c2cc(Br)sc2c(C)c2cc(Br)sc12.Cc1c2ccsc2c(C)c2ccsc12.Cc1c2sc(Br)c(Cl)c2c(C)c2sc(Br)c(Cl)c12.Cc1sc2c(C)c3c(Cl)[c]([Sn]([CH3])([CH3])[CH3])sc3c(C)c2c1Cl.Clc1csc2c(-c3cccs3)c3c(Cl)csc3c(-c3cccs3)c12.Clc1cscc1Cl.O=C(Cl)c1cscc1Cl.O=C1C=CC(=O)N1Cl.O=C1c2scc(Cl)c2C(=O)c2scc(Cl)c21.[B]=NS.[Li+].[c-]1cccs1. The molecule has 24 rings (SSSR count). The number of benzene rings is 5. The van der Waals surface area contributed by atoms with Gasteiger partial charge >= 0.3 is 193 Å². The van der Waals surface area contributed by atoms with E-state index in [0.717, 1.165) is 84.5 Å². The number of ketones is 2. The Labute approximate surface area is 1070 Å². The van der Waals surface area contributed by atoms with E-state index in [2.05, 4.69) is 288 Å². The number of carbonyl (C=O) groups is 5. The molecule has 48 heteroatoms. The Balaban J connectivity index is 0.000000159. The molecule has 1 radical (unpaired) electrons. The van der Waals surface area contributed by atoms with Gasteiger partial charge in [-0.05, 0) is 243 Å². The van der Waals surface area contributed by atoms with Crippen LogP contribution >= 0.6 is 449 Å². The average Bonchev–Trinajstić information content (AvgIpc) is 1.38. The number of thiophene rings is 17. The first-order chi connectivity index (χ1) is 70.4. The van der Waals surface area contributed by atoms with Gasteiger partial charge in [-0.2, -0.15) is 27.2 Å². The number of nitrogens with one attached hydrogen (secondary N) is 1. The third-order valence-corrected chi connectivity index (χ3v) is 58.0. The molecule has 0 fully saturated rings. The van der Waals surface area contributed by atoms with E-state index >= 15 is 0 Å². The van der Waals surface area contributed by atoms with Gasteiger partial charge in [0.1, 0.15) is 0 Å². The molecule has 1 N–H and O–H groups in total. The van der Waals surface area contributed by atoms with Crippen LogP contribution in [0.4, 0.5) is 0 Å². The van der Waals surface area contributed by atoms with Gasteiger partial charge in [0.15, 0.2) is 0 Å². The molecule has 771 valence electrons. The Kier molecular flexibility index (Phi) is 50.8. The number of carbonyl (C=O) groups excluding carboxylic acids is 5. The number of hydrogen-bond donors (Lipinski definition) is 2. The zero-order valence-corrected chi connectivity index (χ0v) is 117. The van der Waals surface area contributed by atoms with Crippen molar-refractivity contribution in [2.75, 3.05) is 13.1 Å². The second-order valence-electron chi connectivity index (χ2n) is 32.2. The van der Waals surface area contributed by atoms with Gasteiger partial charge in [0.05, 0.1) is 86.8 Å². The summed E-state index contributed by atoms with van der Waals surface area (Å²) in [6, 6.07) is 21.3. The van der Waals surface area contributed by atoms with E-state index in [1.54, 1.807) is 123 Å². The van der Waals surface area contributed by atoms with Crippen LogP contribution in [0.5, 0.6) is 0 Å². The molecule has 0 saturated heterocycles. The van der Waals surface area contributed by atoms with Gasteiger partial charge in [0.2, 0.25) is 11.6 Å². The molecule has 0 atom stereocenters. The van der Waals surface area contributed by atoms with Crippen molar-refractivity contribution in [1.29, 1.82) is 0 Å². The number of halogens is 19. The molecule has 18 heterocycles. The number of rotatable bonds is 6. The smallest absolute Gasteiger partial charge is 0.304 e. The Morgan fingerprint density at radius 3 is 1.13 bits per heavy atom. The van der Waals surface area contributed by atoms with Gasteiger partial charge in [0, 0.05) is 175 Å². The molecule has 17 aromatic heterocycles. The minimum atomic E-state index is -2.19. The fraction of sp³-hybridized carbons (Fsp3) is 0.158. The van der Waals surface area contributed by atoms with Crippen LogP contribution in [0.2, 0.25) is 70.1 Å². The van der Waals surface area contributed by atoms with Crippen molar-refractivity contribution in [3.63, 3.8) is 0 Å². The predicted octanol–water partition coefficient (Wildman–Crippen LogP) is 45.2. The maximum Gasteiger partial charge on any atom is 1.00 e. The van der Waals surface area contributed by atoms with E-state index in [0.29, 0.717) is 56.0 Å². The number of thiol groups is 1. The normalized spacial score (nSPS) is 11.6. The van der Waals surface area contributed by atoms with Crippen molar-refractivity contribution in [2.45, 2.75) is 91.0 Å². The van der Waals surface area contributed by atoms with Crippen LogP contribution in [0.15, 0.2) is 162 Å². The van der Waals surface area contributed by atoms with Crippen LogP contribution < -0.4 is 27.1 Å². The fourth-order valence-corrected chi connectivity index (χ4v) is 45.5. The summed E-state index contributed by atoms with van der Waals surface area (Å²) in [5.41, 5.74) is 14.2. The summed E-state index contributed by atoms with van der Waals surface area (Å²) in [6.45, 7) is 26.0. The second-order valence-corrected chi connectivity index (χ2v) is 74.0. The van der Waals surface area contributed by atoms with Crippen molar-refractivity contribution in [3.05, 3.63) is 294 Å². The summed E-state index contributed by atoms with van der Waals surface area (Å²) in [7, 11) is 4.34. The summed E-state index contributed by atoms with van der Waals surface area (Å²) >= 11 is 127. The second kappa shape index (κ2) is 58.7. The van der Waals surface area contributed by atoms with Crippen LogP contribution in [-0.2, 0) is 9.59 Å². The van der Waals surface area contributed by atoms with Crippen molar-refractivity contribution in [3.8, 4) is 20.9 Å². The summed E-state index contributed by atoms with van der Waals surface area (Å²) in [5, 5.41) is 50.6. The number of aryl methyl sites for hydroxylation is 9. The molecule has 0 unspecified atom stereocenters. The molecule has 2 amide bonds. The molecular weight excluding hydrogens is 2990 g/mol. The third kappa shape index (κ3) is 29.2. The molecule has 1 aliphatic heterocycles. The average molecular weight is 3060 g/mol. The summed E-state index contributed by atoms with van der Waals surface area (Å²) in [6.07, 6.45) is 2.24. The molecule has 22 aromatic rings. The zero-order chi connectivity index (χ0) is 108. The molecule has 8 nitrogen and oxygen atoms in total. The van der Waals surface area contributed by atoms with Gasteiger partial charge in [-0.3, -0.25) is 24.0 Å². The molecule has 149 heavy (non-hydrogen) atoms. The molecule has 1 aliphatic carbocycles.